The third-order valence-electron chi connectivity index (χ3n) is 2.34. The molecule has 88 valence electrons. The second-order valence-corrected chi connectivity index (χ2v) is 3.64. The van der Waals surface area contributed by atoms with Crippen LogP contribution in [0.3, 0.4) is 0 Å². The van der Waals surface area contributed by atoms with Gasteiger partial charge in [-0.15, -0.1) is 0 Å². The third-order valence-corrected chi connectivity index (χ3v) is 2.34. The van der Waals surface area contributed by atoms with Gasteiger partial charge in [0.15, 0.2) is 0 Å². The topological polar surface area (TPSA) is 75.4 Å². The van der Waals surface area contributed by atoms with E-state index in [9.17, 15) is 9.90 Å². The number of benzene rings is 1. The fraction of sp³-hybridized carbons (Fsp3) is 0.417. The molecule has 16 heavy (non-hydrogen) atoms. The van der Waals surface area contributed by atoms with Crippen molar-refractivity contribution in [2.24, 2.45) is 5.73 Å². The molecular weight excluding hydrogens is 204 g/mol. The molecule has 0 unspecified atom stereocenters. The molecule has 0 radical (unpaired) electrons. The number of phenolic OH excluding ortho intramolecular Hbond substituents is 1. The number of hydrogen-bond donors (Lipinski definition) is 3. The summed E-state index contributed by atoms with van der Waals surface area (Å²) in [7, 11) is 0. The highest BCUT2D eigenvalue weighted by atomic mass is 16.3. The Hall–Kier alpha value is -1.55. The highest BCUT2D eigenvalue weighted by molar-refractivity contribution is 5.90. The highest BCUT2D eigenvalue weighted by Gasteiger charge is 2.04. The first-order valence-corrected chi connectivity index (χ1v) is 5.49. The van der Waals surface area contributed by atoms with Crippen molar-refractivity contribution in [2.45, 2.75) is 26.2 Å². The van der Waals surface area contributed by atoms with Crippen LogP contribution in [-0.4, -0.2) is 17.6 Å². The second-order valence-electron chi connectivity index (χ2n) is 3.64. The Labute approximate surface area is 95.5 Å². The smallest absolute Gasteiger partial charge is 0.224 e. The average Bonchev–Trinajstić information content (AvgIpc) is 2.28. The third kappa shape index (κ3) is 3.55. The molecule has 0 spiro atoms. The molecule has 0 saturated carbocycles. The van der Waals surface area contributed by atoms with Crippen LogP contribution in [0.15, 0.2) is 18.2 Å². The van der Waals surface area contributed by atoms with Crippen LogP contribution in [0.5, 0.6) is 5.75 Å². The van der Waals surface area contributed by atoms with Crippen LogP contribution in [-0.2, 0) is 11.2 Å². The van der Waals surface area contributed by atoms with Crippen molar-refractivity contribution in [1.29, 1.82) is 0 Å². The van der Waals surface area contributed by atoms with E-state index in [-0.39, 0.29) is 11.7 Å². The number of nitrogens with one attached hydrogen (secondary N) is 1. The summed E-state index contributed by atoms with van der Waals surface area (Å²) in [6.07, 6.45) is 2.02. The zero-order valence-electron chi connectivity index (χ0n) is 9.49. The normalized spacial score (nSPS) is 10.1. The predicted octanol–water partition coefficient (Wildman–Crippen LogP) is 1.63. The van der Waals surface area contributed by atoms with Crippen LogP contribution in [0.2, 0.25) is 0 Å². The first-order valence-electron chi connectivity index (χ1n) is 5.49. The Balaban J connectivity index is 2.70. The average molecular weight is 222 g/mol. The Morgan fingerprint density at radius 2 is 2.25 bits per heavy atom. The fourth-order valence-corrected chi connectivity index (χ4v) is 1.39. The number of aryl methyl sites for hydroxylation is 1. The van der Waals surface area contributed by atoms with E-state index in [1.165, 1.54) is 0 Å². The standard InChI is InChI=1S/C12H18N2O2/c1-2-12(16)14-10-6-5-9(4-3-7-13)11(15)8-10/h5-6,8,15H,2-4,7,13H2,1H3,(H,14,16). The number of hydrogen-bond acceptors (Lipinski definition) is 3. The summed E-state index contributed by atoms with van der Waals surface area (Å²) in [5.41, 5.74) is 6.89. The fourth-order valence-electron chi connectivity index (χ4n) is 1.39. The number of carbonyl (C=O) groups is 1. The van der Waals surface area contributed by atoms with Crippen LogP contribution in [0, 0.1) is 0 Å². The van der Waals surface area contributed by atoms with Crippen LogP contribution in [0.4, 0.5) is 5.69 Å². The van der Waals surface area contributed by atoms with E-state index >= 15 is 0 Å². The quantitative estimate of drug-likeness (QED) is 0.708. The predicted molar refractivity (Wildman–Crippen MR) is 64.4 cm³/mol. The maximum atomic E-state index is 11.1. The van der Waals surface area contributed by atoms with Gasteiger partial charge in [0.05, 0.1) is 0 Å². The van der Waals surface area contributed by atoms with E-state index in [2.05, 4.69) is 5.32 Å². The van der Waals surface area contributed by atoms with Crippen LogP contribution < -0.4 is 11.1 Å². The van der Waals surface area contributed by atoms with Crippen LogP contribution >= 0.6 is 0 Å². The van der Waals surface area contributed by atoms with E-state index in [1.807, 2.05) is 6.07 Å². The minimum absolute atomic E-state index is 0.0610. The summed E-state index contributed by atoms with van der Waals surface area (Å²) < 4.78 is 0. The second kappa shape index (κ2) is 6.12. The van der Waals surface area contributed by atoms with Gasteiger partial charge >= 0.3 is 0 Å². The number of phenols is 1. The summed E-state index contributed by atoms with van der Waals surface area (Å²) in [6.45, 7) is 2.39. The molecule has 0 saturated heterocycles. The molecule has 4 nitrogen and oxygen atoms in total. The Morgan fingerprint density at radius 1 is 1.50 bits per heavy atom. The van der Waals surface area contributed by atoms with Gasteiger partial charge < -0.3 is 16.2 Å². The Kier molecular flexibility index (Phi) is 4.79. The summed E-state index contributed by atoms with van der Waals surface area (Å²) >= 11 is 0. The number of amides is 1. The molecule has 0 aliphatic carbocycles. The van der Waals surface area contributed by atoms with Crippen molar-refractivity contribution in [3.8, 4) is 5.75 Å². The number of rotatable bonds is 5. The lowest BCUT2D eigenvalue weighted by Gasteiger charge is -2.07. The maximum absolute atomic E-state index is 11.1. The van der Waals surface area contributed by atoms with Gasteiger partial charge in [0.1, 0.15) is 5.75 Å². The highest BCUT2D eigenvalue weighted by Crippen LogP contribution is 2.23. The van der Waals surface area contributed by atoms with Gasteiger partial charge in [0.25, 0.3) is 0 Å². The summed E-state index contributed by atoms with van der Waals surface area (Å²) in [5, 5.41) is 12.4. The van der Waals surface area contributed by atoms with Crippen molar-refractivity contribution in [3.63, 3.8) is 0 Å². The van der Waals surface area contributed by atoms with Crippen molar-refractivity contribution in [3.05, 3.63) is 23.8 Å². The Morgan fingerprint density at radius 3 is 2.81 bits per heavy atom. The van der Waals surface area contributed by atoms with Gasteiger partial charge in [-0.1, -0.05) is 13.0 Å². The van der Waals surface area contributed by atoms with Crippen LogP contribution in [0.1, 0.15) is 25.3 Å². The molecular formula is C12H18N2O2. The lowest BCUT2D eigenvalue weighted by atomic mass is 10.1. The molecule has 4 heteroatoms. The van der Waals surface area contributed by atoms with Crippen molar-refractivity contribution < 1.29 is 9.90 Å². The zero-order chi connectivity index (χ0) is 12.0. The van der Waals surface area contributed by atoms with Crippen molar-refractivity contribution >= 4 is 11.6 Å². The van der Waals surface area contributed by atoms with E-state index in [0.717, 1.165) is 18.4 Å². The van der Waals surface area contributed by atoms with E-state index < -0.39 is 0 Å². The summed E-state index contributed by atoms with van der Waals surface area (Å²) in [4.78, 5) is 11.1. The van der Waals surface area contributed by atoms with E-state index in [1.54, 1.807) is 19.1 Å². The summed E-state index contributed by atoms with van der Waals surface area (Å²) in [6, 6.07) is 5.18. The molecule has 0 fully saturated rings. The molecule has 4 N–H and O–H groups in total. The van der Waals surface area contributed by atoms with Gasteiger partial charge in [-0.3, -0.25) is 4.79 Å². The molecule has 1 rings (SSSR count). The minimum Gasteiger partial charge on any atom is -0.508 e. The van der Waals surface area contributed by atoms with Crippen molar-refractivity contribution in [1.82, 2.24) is 0 Å². The number of nitrogens with two attached hydrogens (primary N) is 1. The van der Waals surface area contributed by atoms with Gasteiger partial charge in [-0.2, -0.15) is 0 Å². The first-order chi connectivity index (χ1) is 7.67. The Bertz CT molecular complexity index is 364. The van der Waals surface area contributed by atoms with Gasteiger partial charge in [0, 0.05) is 18.2 Å². The molecule has 0 aliphatic heterocycles. The maximum Gasteiger partial charge on any atom is 0.224 e. The molecule has 0 aromatic heterocycles. The van der Waals surface area contributed by atoms with Crippen LogP contribution in [0.25, 0.3) is 0 Å². The zero-order valence-corrected chi connectivity index (χ0v) is 9.49. The van der Waals surface area contributed by atoms with Gasteiger partial charge in [0.2, 0.25) is 5.91 Å². The van der Waals surface area contributed by atoms with Gasteiger partial charge in [-0.05, 0) is 31.0 Å². The first kappa shape index (κ1) is 12.5. The summed E-state index contributed by atoms with van der Waals surface area (Å²) in [5.74, 6) is 0.150. The molecule has 0 aliphatic rings. The number of carbonyl (C=O) groups excluding carboxylic acids is 1. The largest absolute Gasteiger partial charge is 0.508 e. The minimum atomic E-state index is -0.0610. The molecule has 0 atom stereocenters. The lowest BCUT2D eigenvalue weighted by Crippen LogP contribution is -2.09. The lowest BCUT2D eigenvalue weighted by molar-refractivity contribution is -0.115. The number of anilines is 1. The molecule has 0 bridgehead atoms. The molecule has 1 aromatic rings. The van der Waals surface area contributed by atoms with E-state index in [4.69, 9.17) is 5.73 Å². The monoisotopic (exact) mass is 222 g/mol. The molecule has 0 heterocycles. The van der Waals surface area contributed by atoms with E-state index in [0.29, 0.717) is 18.7 Å². The van der Waals surface area contributed by atoms with Gasteiger partial charge in [-0.25, -0.2) is 0 Å². The van der Waals surface area contributed by atoms with Crippen molar-refractivity contribution in [2.75, 3.05) is 11.9 Å². The SMILES string of the molecule is CCC(=O)Nc1ccc(CCCN)c(O)c1. The molecule has 1 aromatic carbocycles. The number of aromatic hydroxyl groups is 1. The molecule has 1 amide bonds.